The number of aryl methyl sites for hydroxylation is 1. The lowest BCUT2D eigenvalue weighted by atomic mass is 10.2. The van der Waals surface area contributed by atoms with Gasteiger partial charge in [0.05, 0.1) is 6.61 Å². The number of nitrogens with two attached hydrogens (primary N) is 1. The van der Waals surface area contributed by atoms with E-state index < -0.39 is 0 Å². The second kappa shape index (κ2) is 6.83. The SMILES string of the molecule is CC.Cc1ccc(CON)cc1. The zero-order valence-corrected chi connectivity index (χ0v) is 8.00. The highest BCUT2D eigenvalue weighted by Gasteiger charge is 1.88. The van der Waals surface area contributed by atoms with Crippen LogP contribution in [0.1, 0.15) is 25.0 Å². The number of benzene rings is 1. The van der Waals surface area contributed by atoms with Gasteiger partial charge in [-0.2, -0.15) is 0 Å². The number of hydrogen-bond donors (Lipinski definition) is 1. The van der Waals surface area contributed by atoms with Gasteiger partial charge in [-0.25, -0.2) is 5.90 Å². The minimum absolute atomic E-state index is 0.486. The maximum atomic E-state index is 4.90. The summed E-state index contributed by atoms with van der Waals surface area (Å²) in [5.41, 5.74) is 2.36. The molecule has 68 valence electrons. The van der Waals surface area contributed by atoms with E-state index in [-0.39, 0.29) is 0 Å². The standard InChI is InChI=1S/C8H11NO.C2H6/c1-7-2-4-8(5-3-7)6-10-9;1-2/h2-5H,6,9H2,1H3;1-2H3. The van der Waals surface area contributed by atoms with Gasteiger partial charge in [0.25, 0.3) is 0 Å². The van der Waals surface area contributed by atoms with E-state index in [2.05, 4.69) is 4.84 Å². The van der Waals surface area contributed by atoms with Crippen LogP contribution >= 0.6 is 0 Å². The maximum absolute atomic E-state index is 4.90. The molecule has 1 aromatic carbocycles. The van der Waals surface area contributed by atoms with Gasteiger partial charge in [-0.1, -0.05) is 43.7 Å². The molecule has 0 unspecified atom stereocenters. The van der Waals surface area contributed by atoms with Crippen molar-refractivity contribution < 1.29 is 4.84 Å². The fraction of sp³-hybridized carbons (Fsp3) is 0.400. The predicted octanol–water partition coefficient (Wildman–Crippen LogP) is 2.41. The molecule has 0 bridgehead atoms. The molecule has 0 aliphatic heterocycles. The van der Waals surface area contributed by atoms with Crippen molar-refractivity contribution in [3.8, 4) is 0 Å². The van der Waals surface area contributed by atoms with E-state index >= 15 is 0 Å². The Kier molecular flexibility index (Phi) is 6.34. The normalized spacial score (nSPS) is 8.67. The van der Waals surface area contributed by atoms with Gasteiger partial charge in [0.2, 0.25) is 0 Å². The maximum Gasteiger partial charge on any atom is 0.0930 e. The molecule has 0 radical (unpaired) electrons. The van der Waals surface area contributed by atoms with Crippen molar-refractivity contribution in [3.63, 3.8) is 0 Å². The van der Waals surface area contributed by atoms with Crippen molar-refractivity contribution in [3.05, 3.63) is 35.4 Å². The van der Waals surface area contributed by atoms with Crippen molar-refractivity contribution in [1.29, 1.82) is 0 Å². The van der Waals surface area contributed by atoms with E-state index in [0.717, 1.165) is 5.56 Å². The van der Waals surface area contributed by atoms with Crippen LogP contribution in [-0.2, 0) is 11.4 Å². The van der Waals surface area contributed by atoms with Crippen molar-refractivity contribution in [2.24, 2.45) is 5.90 Å². The summed E-state index contributed by atoms with van der Waals surface area (Å²) < 4.78 is 0. The second-order valence-corrected chi connectivity index (χ2v) is 2.30. The minimum Gasteiger partial charge on any atom is -0.300 e. The molecule has 1 aromatic rings. The Morgan fingerprint density at radius 1 is 1.17 bits per heavy atom. The summed E-state index contributed by atoms with van der Waals surface area (Å²) in [4.78, 5) is 4.47. The first-order valence-corrected chi connectivity index (χ1v) is 4.20. The first-order valence-electron chi connectivity index (χ1n) is 4.20. The zero-order valence-electron chi connectivity index (χ0n) is 8.00. The van der Waals surface area contributed by atoms with Crippen LogP contribution < -0.4 is 5.90 Å². The lowest BCUT2D eigenvalue weighted by molar-refractivity contribution is 0.124. The van der Waals surface area contributed by atoms with Gasteiger partial charge in [0, 0.05) is 0 Å². The summed E-state index contributed by atoms with van der Waals surface area (Å²) in [7, 11) is 0. The Bertz CT molecular complexity index is 193. The molecular weight excluding hydrogens is 150 g/mol. The van der Waals surface area contributed by atoms with E-state index in [4.69, 9.17) is 5.90 Å². The molecule has 2 N–H and O–H groups in total. The van der Waals surface area contributed by atoms with Crippen LogP contribution in [0, 0.1) is 6.92 Å². The first-order chi connectivity index (χ1) is 5.83. The molecule has 0 atom stereocenters. The van der Waals surface area contributed by atoms with Crippen LogP contribution in [0.3, 0.4) is 0 Å². The molecule has 0 aliphatic carbocycles. The van der Waals surface area contributed by atoms with E-state index in [1.54, 1.807) is 0 Å². The highest BCUT2D eigenvalue weighted by atomic mass is 16.6. The third kappa shape index (κ3) is 4.11. The third-order valence-corrected chi connectivity index (χ3v) is 1.37. The number of rotatable bonds is 2. The summed E-state index contributed by atoms with van der Waals surface area (Å²) in [5, 5.41) is 0. The Labute approximate surface area is 74.3 Å². The molecule has 0 saturated heterocycles. The molecule has 1 rings (SSSR count). The van der Waals surface area contributed by atoms with E-state index in [1.807, 2.05) is 45.0 Å². The van der Waals surface area contributed by atoms with Crippen LogP contribution in [0.2, 0.25) is 0 Å². The van der Waals surface area contributed by atoms with Crippen molar-refractivity contribution in [2.75, 3.05) is 0 Å². The number of hydrogen-bond acceptors (Lipinski definition) is 2. The fourth-order valence-electron chi connectivity index (χ4n) is 0.781. The summed E-state index contributed by atoms with van der Waals surface area (Å²) in [6.45, 7) is 6.54. The lowest BCUT2D eigenvalue weighted by Crippen LogP contribution is -1.98. The highest BCUT2D eigenvalue weighted by Crippen LogP contribution is 2.02. The zero-order chi connectivity index (χ0) is 9.40. The summed E-state index contributed by atoms with van der Waals surface area (Å²) in [6, 6.07) is 8.08. The van der Waals surface area contributed by atoms with Crippen LogP contribution in [0.15, 0.2) is 24.3 Å². The fourth-order valence-corrected chi connectivity index (χ4v) is 0.781. The first kappa shape index (κ1) is 11.1. The minimum atomic E-state index is 0.486. The molecule has 0 aliphatic rings. The molecule has 0 heterocycles. The van der Waals surface area contributed by atoms with Crippen LogP contribution in [0.4, 0.5) is 0 Å². The van der Waals surface area contributed by atoms with E-state index in [0.29, 0.717) is 6.61 Å². The average Bonchev–Trinajstić information content (AvgIpc) is 2.13. The summed E-state index contributed by atoms with van der Waals surface area (Å²) >= 11 is 0. The third-order valence-electron chi connectivity index (χ3n) is 1.37. The molecule has 0 saturated carbocycles. The molecule has 12 heavy (non-hydrogen) atoms. The highest BCUT2D eigenvalue weighted by molar-refractivity contribution is 5.20. The van der Waals surface area contributed by atoms with Crippen molar-refractivity contribution in [2.45, 2.75) is 27.4 Å². The van der Waals surface area contributed by atoms with E-state index in [1.165, 1.54) is 5.56 Å². The van der Waals surface area contributed by atoms with Gasteiger partial charge in [-0.15, -0.1) is 0 Å². The van der Waals surface area contributed by atoms with Crippen LogP contribution in [0.5, 0.6) is 0 Å². The topological polar surface area (TPSA) is 35.2 Å². The Balaban J connectivity index is 0.000000561. The molecular formula is C10H17NO. The lowest BCUT2D eigenvalue weighted by Gasteiger charge is -1.97. The quantitative estimate of drug-likeness (QED) is 0.686. The summed E-state index contributed by atoms with van der Waals surface area (Å²) in [6.07, 6.45) is 0. The van der Waals surface area contributed by atoms with Crippen LogP contribution in [-0.4, -0.2) is 0 Å². The van der Waals surface area contributed by atoms with E-state index in [9.17, 15) is 0 Å². The van der Waals surface area contributed by atoms with Gasteiger partial charge in [0.15, 0.2) is 0 Å². The Morgan fingerprint density at radius 2 is 1.67 bits per heavy atom. The largest absolute Gasteiger partial charge is 0.300 e. The van der Waals surface area contributed by atoms with Crippen molar-refractivity contribution in [1.82, 2.24) is 0 Å². The second-order valence-electron chi connectivity index (χ2n) is 2.30. The molecule has 0 spiro atoms. The summed E-state index contributed by atoms with van der Waals surface area (Å²) in [5.74, 6) is 4.90. The van der Waals surface area contributed by atoms with Gasteiger partial charge >= 0.3 is 0 Å². The van der Waals surface area contributed by atoms with Crippen LogP contribution in [0.25, 0.3) is 0 Å². The Morgan fingerprint density at radius 3 is 2.08 bits per heavy atom. The molecule has 2 nitrogen and oxygen atoms in total. The molecule has 0 amide bonds. The average molecular weight is 167 g/mol. The smallest absolute Gasteiger partial charge is 0.0930 e. The van der Waals surface area contributed by atoms with Crippen molar-refractivity contribution >= 4 is 0 Å². The molecule has 2 heteroatoms. The molecule has 0 fully saturated rings. The monoisotopic (exact) mass is 167 g/mol. The molecule has 0 aromatic heterocycles. The van der Waals surface area contributed by atoms with Gasteiger partial charge in [-0.05, 0) is 12.5 Å². The predicted molar refractivity (Wildman–Crippen MR) is 51.5 cm³/mol. The van der Waals surface area contributed by atoms with Gasteiger partial charge in [0.1, 0.15) is 0 Å². The van der Waals surface area contributed by atoms with Gasteiger partial charge in [-0.3, -0.25) is 4.84 Å². The Hall–Kier alpha value is -0.860. The van der Waals surface area contributed by atoms with Gasteiger partial charge < -0.3 is 0 Å².